The molecular formula is C16H24N8O2. The maximum Gasteiger partial charge on any atom is 0.324 e. The summed E-state index contributed by atoms with van der Waals surface area (Å²) >= 11 is 0. The molecular weight excluding hydrogens is 336 g/mol. The van der Waals surface area contributed by atoms with Crippen molar-refractivity contribution in [1.29, 1.82) is 0 Å². The molecule has 1 saturated heterocycles. The average molecular weight is 360 g/mol. The molecule has 2 aromatic heterocycles. The number of ether oxygens (including phenoxy) is 2. The second kappa shape index (κ2) is 7.98. The first-order valence-corrected chi connectivity index (χ1v) is 8.45. The lowest BCUT2D eigenvalue weighted by molar-refractivity contribution is 0.339. The molecule has 26 heavy (non-hydrogen) atoms. The highest BCUT2D eigenvalue weighted by Crippen LogP contribution is 2.22. The molecule has 10 heteroatoms. The number of hydrogen-bond donors (Lipinski definition) is 1. The lowest BCUT2D eigenvalue weighted by Crippen LogP contribution is -2.43. The van der Waals surface area contributed by atoms with Crippen LogP contribution in [0.3, 0.4) is 0 Å². The minimum atomic E-state index is 0.224. The highest BCUT2D eigenvalue weighted by atomic mass is 16.5. The number of nitrogens with one attached hydrogen (secondary N) is 1. The zero-order chi connectivity index (χ0) is 18.5. The smallest absolute Gasteiger partial charge is 0.324 e. The van der Waals surface area contributed by atoms with Gasteiger partial charge in [-0.1, -0.05) is 0 Å². The van der Waals surface area contributed by atoms with Gasteiger partial charge in [0.1, 0.15) is 5.82 Å². The highest BCUT2D eigenvalue weighted by Gasteiger charge is 2.23. The van der Waals surface area contributed by atoms with Gasteiger partial charge in [0.15, 0.2) is 0 Å². The van der Waals surface area contributed by atoms with Crippen LogP contribution in [0.2, 0.25) is 0 Å². The third-order valence-corrected chi connectivity index (χ3v) is 4.05. The van der Waals surface area contributed by atoms with E-state index in [1.54, 1.807) is 6.20 Å². The van der Waals surface area contributed by atoms with E-state index in [2.05, 4.69) is 35.1 Å². The van der Waals surface area contributed by atoms with Crippen molar-refractivity contribution in [2.24, 2.45) is 0 Å². The van der Waals surface area contributed by atoms with Crippen LogP contribution in [0.5, 0.6) is 12.0 Å². The summed E-state index contributed by atoms with van der Waals surface area (Å²) in [6.45, 7) is 1.61. The molecule has 0 amide bonds. The minimum Gasteiger partial charge on any atom is -0.467 e. The number of rotatable bonds is 6. The van der Waals surface area contributed by atoms with Gasteiger partial charge in [0.25, 0.3) is 0 Å². The van der Waals surface area contributed by atoms with Crippen LogP contribution in [0.4, 0.5) is 17.7 Å². The summed E-state index contributed by atoms with van der Waals surface area (Å²) in [5.41, 5.74) is 0. The molecule has 0 radical (unpaired) electrons. The molecule has 0 saturated carbocycles. The molecule has 1 aliphatic rings. The predicted molar refractivity (Wildman–Crippen MR) is 98.1 cm³/mol. The molecule has 3 heterocycles. The summed E-state index contributed by atoms with van der Waals surface area (Å²) in [7, 11) is 6.89. The van der Waals surface area contributed by atoms with Crippen molar-refractivity contribution in [2.45, 2.75) is 18.9 Å². The minimum absolute atomic E-state index is 0.224. The van der Waals surface area contributed by atoms with Gasteiger partial charge in [0.2, 0.25) is 11.9 Å². The molecule has 140 valence electrons. The molecule has 0 bridgehead atoms. The van der Waals surface area contributed by atoms with E-state index in [9.17, 15) is 0 Å². The second-order valence-electron chi connectivity index (χ2n) is 6.17. The fourth-order valence-electron chi connectivity index (χ4n) is 2.78. The van der Waals surface area contributed by atoms with Gasteiger partial charge >= 0.3 is 12.0 Å². The first-order chi connectivity index (χ1) is 12.6. The molecule has 3 rings (SSSR count). The SMILES string of the molecule is COc1nc(OC)nc(N2CCCC(Nc3ccnc(N(C)C)n3)C2)n1. The standard InChI is InChI=1S/C16H24N8O2/c1-23(2)13-17-8-7-12(19-13)18-11-6-5-9-24(10-11)14-20-15(25-3)22-16(21-14)26-4/h7-8,11H,5-6,9-10H2,1-4H3,(H,17,18,19). The van der Waals surface area contributed by atoms with Crippen molar-refractivity contribution >= 4 is 17.7 Å². The molecule has 1 N–H and O–H groups in total. The zero-order valence-corrected chi connectivity index (χ0v) is 15.5. The topological polar surface area (TPSA) is 101 Å². The monoisotopic (exact) mass is 360 g/mol. The van der Waals surface area contributed by atoms with Crippen molar-refractivity contribution in [3.8, 4) is 12.0 Å². The Morgan fingerprint density at radius 3 is 2.50 bits per heavy atom. The van der Waals surface area contributed by atoms with Crippen LogP contribution in [-0.4, -0.2) is 72.4 Å². The third kappa shape index (κ3) is 4.19. The van der Waals surface area contributed by atoms with Crippen LogP contribution < -0.4 is 24.6 Å². The van der Waals surface area contributed by atoms with E-state index in [4.69, 9.17) is 9.47 Å². The molecule has 10 nitrogen and oxygen atoms in total. The van der Waals surface area contributed by atoms with Crippen molar-refractivity contribution < 1.29 is 9.47 Å². The van der Waals surface area contributed by atoms with Gasteiger partial charge in [-0.3, -0.25) is 0 Å². The number of methoxy groups -OCH3 is 2. The molecule has 1 fully saturated rings. The largest absolute Gasteiger partial charge is 0.467 e. The predicted octanol–water partition coefficient (Wildman–Crippen LogP) is 0.826. The van der Waals surface area contributed by atoms with Crippen molar-refractivity contribution in [2.75, 3.05) is 56.5 Å². The number of aromatic nitrogens is 5. The zero-order valence-electron chi connectivity index (χ0n) is 15.5. The van der Waals surface area contributed by atoms with E-state index < -0.39 is 0 Å². The number of anilines is 3. The Labute approximate surface area is 152 Å². The lowest BCUT2D eigenvalue weighted by Gasteiger charge is -2.33. The molecule has 0 spiro atoms. The van der Waals surface area contributed by atoms with Gasteiger partial charge in [-0.15, -0.1) is 4.98 Å². The maximum atomic E-state index is 5.14. The molecule has 0 aliphatic carbocycles. The number of hydrogen-bond acceptors (Lipinski definition) is 10. The van der Waals surface area contributed by atoms with Crippen LogP contribution in [0, 0.1) is 0 Å². The van der Waals surface area contributed by atoms with E-state index in [0.29, 0.717) is 11.9 Å². The van der Waals surface area contributed by atoms with Crippen molar-refractivity contribution in [1.82, 2.24) is 24.9 Å². The van der Waals surface area contributed by atoms with Crippen LogP contribution in [-0.2, 0) is 0 Å². The highest BCUT2D eigenvalue weighted by molar-refractivity contribution is 5.42. The Hall–Kier alpha value is -2.91. The summed E-state index contributed by atoms with van der Waals surface area (Å²) in [5.74, 6) is 2.04. The van der Waals surface area contributed by atoms with Gasteiger partial charge in [0, 0.05) is 39.4 Å². The first-order valence-electron chi connectivity index (χ1n) is 8.45. The van der Waals surface area contributed by atoms with Gasteiger partial charge in [0.05, 0.1) is 14.2 Å². The summed E-state index contributed by atoms with van der Waals surface area (Å²) in [5, 5.41) is 3.48. The van der Waals surface area contributed by atoms with Gasteiger partial charge < -0.3 is 24.6 Å². The quantitative estimate of drug-likeness (QED) is 0.797. The summed E-state index contributed by atoms with van der Waals surface area (Å²) in [4.78, 5) is 25.5. The van der Waals surface area contributed by atoms with E-state index in [1.807, 2.05) is 25.1 Å². The third-order valence-electron chi connectivity index (χ3n) is 4.05. The molecule has 2 aromatic rings. The first kappa shape index (κ1) is 17.9. The second-order valence-corrected chi connectivity index (χ2v) is 6.17. The Balaban J connectivity index is 1.72. The number of piperidine rings is 1. The summed E-state index contributed by atoms with van der Waals surface area (Å²) in [6, 6.07) is 2.59. The van der Waals surface area contributed by atoms with Gasteiger partial charge in [-0.25, -0.2) is 4.98 Å². The molecule has 1 atom stereocenters. The average Bonchev–Trinajstić information content (AvgIpc) is 2.68. The molecule has 1 aliphatic heterocycles. The van der Waals surface area contributed by atoms with Crippen LogP contribution in [0.25, 0.3) is 0 Å². The van der Waals surface area contributed by atoms with Gasteiger partial charge in [-0.05, 0) is 18.9 Å². The van der Waals surface area contributed by atoms with Crippen molar-refractivity contribution in [3.05, 3.63) is 12.3 Å². The lowest BCUT2D eigenvalue weighted by atomic mass is 10.1. The Bertz CT molecular complexity index is 720. The van der Waals surface area contributed by atoms with Crippen LogP contribution >= 0.6 is 0 Å². The molecule has 1 unspecified atom stereocenters. The van der Waals surface area contributed by atoms with E-state index in [0.717, 1.165) is 31.7 Å². The summed E-state index contributed by atoms with van der Waals surface area (Å²) in [6.07, 6.45) is 3.81. The van der Waals surface area contributed by atoms with Crippen LogP contribution in [0.15, 0.2) is 12.3 Å². The fraction of sp³-hybridized carbons (Fsp3) is 0.562. The number of nitrogens with zero attached hydrogens (tertiary/aromatic N) is 7. The fourth-order valence-corrected chi connectivity index (χ4v) is 2.78. The normalized spacial score (nSPS) is 16.9. The maximum absolute atomic E-state index is 5.14. The van der Waals surface area contributed by atoms with Crippen LogP contribution in [0.1, 0.15) is 12.8 Å². The Morgan fingerprint density at radius 1 is 1.12 bits per heavy atom. The van der Waals surface area contributed by atoms with E-state index >= 15 is 0 Å². The van der Waals surface area contributed by atoms with E-state index in [1.165, 1.54) is 14.2 Å². The van der Waals surface area contributed by atoms with E-state index in [-0.39, 0.29) is 18.1 Å². The van der Waals surface area contributed by atoms with Crippen molar-refractivity contribution in [3.63, 3.8) is 0 Å². The van der Waals surface area contributed by atoms with Gasteiger partial charge in [-0.2, -0.15) is 15.0 Å². The Morgan fingerprint density at radius 2 is 1.85 bits per heavy atom. The summed E-state index contributed by atoms with van der Waals surface area (Å²) < 4.78 is 10.3. The Kier molecular flexibility index (Phi) is 5.49. The molecule has 0 aromatic carbocycles.